The Hall–Kier alpha value is -1.51. The molecule has 1 aromatic carbocycles. The van der Waals surface area contributed by atoms with E-state index in [-0.39, 0.29) is 11.8 Å². The average Bonchev–Trinajstić information content (AvgIpc) is 2.38. The maximum Gasteiger partial charge on any atom is 0.225 e. The third kappa shape index (κ3) is 2.91. The number of nitrogens with zero attached hydrogens (tertiary/aromatic N) is 2. The number of carbonyl (C=O) groups is 1. The van der Waals surface area contributed by atoms with E-state index in [0.717, 1.165) is 13.1 Å². The summed E-state index contributed by atoms with van der Waals surface area (Å²) >= 11 is 0. The van der Waals surface area contributed by atoms with Gasteiger partial charge in [0, 0.05) is 36.8 Å². The van der Waals surface area contributed by atoms with E-state index in [1.54, 1.807) is 0 Å². The van der Waals surface area contributed by atoms with Gasteiger partial charge in [-0.1, -0.05) is 32.0 Å². The summed E-state index contributed by atoms with van der Waals surface area (Å²) in [4.78, 5) is 16.6. The number of hydrogen-bond acceptors (Lipinski definition) is 2. The summed E-state index contributed by atoms with van der Waals surface area (Å²) in [7, 11) is 0. The van der Waals surface area contributed by atoms with E-state index in [4.69, 9.17) is 0 Å². The minimum atomic E-state index is 0.0858. The van der Waals surface area contributed by atoms with Gasteiger partial charge in [0.15, 0.2) is 0 Å². The van der Waals surface area contributed by atoms with Crippen LogP contribution in [-0.2, 0) is 4.79 Å². The van der Waals surface area contributed by atoms with Crippen molar-refractivity contribution in [3.63, 3.8) is 0 Å². The average molecular weight is 260 g/mol. The van der Waals surface area contributed by atoms with Crippen LogP contribution in [0.3, 0.4) is 0 Å². The zero-order valence-electron chi connectivity index (χ0n) is 12.3. The monoisotopic (exact) mass is 260 g/mol. The lowest BCUT2D eigenvalue weighted by Crippen LogP contribution is -2.58. The number of amides is 1. The summed E-state index contributed by atoms with van der Waals surface area (Å²) in [6, 6.07) is 11.2. The number of anilines is 1. The molecule has 0 saturated carbocycles. The molecule has 1 amide bonds. The Kier molecular flexibility index (Phi) is 4.13. The number of benzene rings is 1. The van der Waals surface area contributed by atoms with Gasteiger partial charge in [-0.25, -0.2) is 0 Å². The Morgan fingerprint density at radius 2 is 1.63 bits per heavy atom. The number of piperazine rings is 1. The van der Waals surface area contributed by atoms with Gasteiger partial charge in [0.25, 0.3) is 0 Å². The fourth-order valence-corrected chi connectivity index (χ4v) is 2.98. The third-order valence-electron chi connectivity index (χ3n) is 3.78. The van der Waals surface area contributed by atoms with Gasteiger partial charge in [0.05, 0.1) is 0 Å². The highest BCUT2D eigenvalue weighted by molar-refractivity contribution is 5.78. The summed E-state index contributed by atoms with van der Waals surface area (Å²) in [6.45, 7) is 9.97. The van der Waals surface area contributed by atoms with E-state index < -0.39 is 0 Å². The highest BCUT2D eigenvalue weighted by Gasteiger charge is 2.32. The zero-order valence-corrected chi connectivity index (χ0v) is 12.3. The molecule has 3 nitrogen and oxygen atoms in total. The summed E-state index contributed by atoms with van der Waals surface area (Å²) in [5.41, 5.74) is 1.25. The molecule has 0 bridgehead atoms. The number of hydrogen-bond donors (Lipinski definition) is 0. The van der Waals surface area contributed by atoms with Crippen LogP contribution in [0.25, 0.3) is 0 Å². The molecule has 1 aliphatic rings. The molecule has 1 saturated heterocycles. The Morgan fingerprint density at radius 3 is 2.11 bits per heavy atom. The second-order valence-corrected chi connectivity index (χ2v) is 5.84. The van der Waals surface area contributed by atoms with Crippen LogP contribution in [0, 0.1) is 5.92 Å². The first-order valence-corrected chi connectivity index (χ1v) is 7.13. The first-order chi connectivity index (χ1) is 9.00. The van der Waals surface area contributed by atoms with Gasteiger partial charge in [-0.15, -0.1) is 0 Å². The molecule has 2 atom stereocenters. The smallest absolute Gasteiger partial charge is 0.225 e. The molecular formula is C16H24N2O. The van der Waals surface area contributed by atoms with E-state index in [0.29, 0.717) is 12.1 Å². The normalized spacial score (nSPS) is 23.8. The highest BCUT2D eigenvalue weighted by Crippen LogP contribution is 2.24. The molecule has 1 heterocycles. The van der Waals surface area contributed by atoms with E-state index in [1.807, 2.05) is 24.8 Å². The van der Waals surface area contributed by atoms with Crippen molar-refractivity contribution >= 4 is 11.6 Å². The van der Waals surface area contributed by atoms with Crippen LogP contribution in [0.1, 0.15) is 27.7 Å². The fraction of sp³-hybridized carbons (Fsp3) is 0.562. The van der Waals surface area contributed by atoms with E-state index in [2.05, 4.69) is 43.0 Å². The molecule has 1 aromatic rings. The van der Waals surface area contributed by atoms with E-state index >= 15 is 0 Å². The minimum absolute atomic E-state index is 0.0858. The van der Waals surface area contributed by atoms with Crippen molar-refractivity contribution in [2.24, 2.45) is 5.92 Å². The molecule has 19 heavy (non-hydrogen) atoms. The largest absolute Gasteiger partial charge is 0.363 e. The molecule has 3 heteroatoms. The summed E-state index contributed by atoms with van der Waals surface area (Å²) in [6.07, 6.45) is 0. The second-order valence-electron chi connectivity index (χ2n) is 5.84. The van der Waals surface area contributed by atoms with Crippen molar-refractivity contribution in [3.05, 3.63) is 30.3 Å². The Balaban J connectivity index is 2.14. The van der Waals surface area contributed by atoms with Gasteiger partial charge in [0.1, 0.15) is 0 Å². The predicted molar refractivity (Wildman–Crippen MR) is 79.3 cm³/mol. The molecule has 2 unspecified atom stereocenters. The van der Waals surface area contributed by atoms with Crippen LogP contribution in [-0.4, -0.2) is 36.0 Å². The quantitative estimate of drug-likeness (QED) is 0.816. The first kappa shape index (κ1) is 13.9. The van der Waals surface area contributed by atoms with Gasteiger partial charge in [-0.05, 0) is 26.0 Å². The summed E-state index contributed by atoms with van der Waals surface area (Å²) in [5, 5.41) is 0. The van der Waals surface area contributed by atoms with Gasteiger partial charge in [-0.2, -0.15) is 0 Å². The molecule has 0 N–H and O–H groups in total. The van der Waals surface area contributed by atoms with Crippen molar-refractivity contribution < 1.29 is 4.79 Å². The van der Waals surface area contributed by atoms with Crippen LogP contribution in [0.2, 0.25) is 0 Å². The molecular weight excluding hydrogens is 236 g/mol. The van der Waals surface area contributed by atoms with Crippen LogP contribution in [0.5, 0.6) is 0 Å². The van der Waals surface area contributed by atoms with Crippen LogP contribution < -0.4 is 4.90 Å². The number of para-hydroxylation sites is 1. The van der Waals surface area contributed by atoms with Crippen molar-refractivity contribution in [2.75, 3.05) is 18.0 Å². The molecule has 104 valence electrons. The van der Waals surface area contributed by atoms with E-state index in [1.165, 1.54) is 5.69 Å². The molecule has 1 fully saturated rings. The van der Waals surface area contributed by atoms with Gasteiger partial charge in [0.2, 0.25) is 5.91 Å². The SMILES string of the molecule is CC(C)C(=O)N1CC(C)N(c2ccccc2)C(C)C1. The Bertz CT molecular complexity index is 418. The summed E-state index contributed by atoms with van der Waals surface area (Å²) in [5.74, 6) is 0.356. The molecule has 0 radical (unpaired) electrons. The number of rotatable bonds is 2. The Labute approximate surface area is 116 Å². The number of carbonyl (C=O) groups excluding carboxylic acids is 1. The molecule has 1 aliphatic heterocycles. The molecule has 2 rings (SSSR count). The van der Waals surface area contributed by atoms with Gasteiger partial charge in [-0.3, -0.25) is 4.79 Å². The summed E-state index contributed by atoms with van der Waals surface area (Å²) < 4.78 is 0. The zero-order chi connectivity index (χ0) is 14.0. The molecule has 0 spiro atoms. The van der Waals surface area contributed by atoms with Crippen LogP contribution >= 0.6 is 0 Å². The van der Waals surface area contributed by atoms with Crippen LogP contribution in [0.15, 0.2) is 30.3 Å². The first-order valence-electron chi connectivity index (χ1n) is 7.13. The van der Waals surface area contributed by atoms with Crippen molar-refractivity contribution in [3.8, 4) is 0 Å². The molecule has 0 aromatic heterocycles. The lowest BCUT2D eigenvalue weighted by Gasteiger charge is -2.46. The molecule has 0 aliphatic carbocycles. The fourth-order valence-electron chi connectivity index (χ4n) is 2.98. The van der Waals surface area contributed by atoms with E-state index in [9.17, 15) is 4.79 Å². The maximum absolute atomic E-state index is 12.1. The van der Waals surface area contributed by atoms with Gasteiger partial charge < -0.3 is 9.80 Å². The van der Waals surface area contributed by atoms with Crippen molar-refractivity contribution in [2.45, 2.75) is 39.8 Å². The minimum Gasteiger partial charge on any atom is -0.363 e. The van der Waals surface area contributed by atoms with Crippen LogP contribution in [0.4, 0.5) is 5.69 Å². The highest BCUT2D eigenvalue weighted by atomic mass is 16.2. The van der Waals surface area contributed by atoms with Crippen molar-refractivity contribution in [1.29, 1.82) is 0 Å². The van der Waals surface area contributed by atoms with Gasteiger partial charge >= 0.3 is 0 Å². The topological polar surface area (TPSA) is 23.6 Å². The third-order valence-corrected chi connectivity index (χ3v) is 3.78. The lowest BCUT2D eigenvalue weighted by atomic mass is 10.0. The lowest BCUT2D eigenvalue weighted by molar-refractivity contribution is -0.135. The maximum atomic E-state index is 12.1. The van der Waals surface area contributed by atoms with Crippen molar-refractivity contribution in [1.82, 2.24) is 4.90 Å². The second kappa shape index (κ2) is 5.64. The Morgan fingerprint density at radius 1 is 1.11 bits per heavy atom. The standard InChI is InChI=1S/C16H24N2O/c1-12(2)16(19)17-10-13(3)18(14(4)11-17)15-8-6-5-7-9-15/h5-9,12-14H,10-11H2,1-4H3. The predicted octanol–water partition coefficient (Wildman–Crippen LogP) is 2.77.